The van der Waals surface area contributed by atoms with Crippen molar-refractivity contribution in [1.29, 1.82) is 0 Å². The van der Waals surface area contributed by atoms with Crippen LogP contribution >= 0.6 is 11.6 Å². The fraction of sp³-hybridized carbons (Fsp3) is 0.591. The summed E-state index contributed by atoms with van der Waals surface area (Å²) in [6.45, 7) is 2.76. The Balaban J connectivity index is 2.33. The number of rotatable bonds is 6. The average molecular weight is 546 g/mol. The number of esters is 1. The third-order valence-corrected chi connectivity index (χ3v) is 5.89. The minimum Gasteiger partial charge on any atom is -0.445 e. The molecule has 0 bridgehead atoms. The molecular formula is C22H26ClF6N3O4. The highest BCUT2D eigenvalue weighted by Gasteiger charge is 2.54. The number of nitrogens with zero attached hydrogens (tertiary/aromatic N) is 1. The highest BCUT2D eigenvalue weighted by molar-refractivity contribution is 6.30. The number of carbonyl (C=O) groups excluding carboxylic acids is 3. The van der Waals surface area contributed by atoms with E-state index in [1.54, 1.807) is 12.1 Å². The molecule has 0 spiro atoms. The molecule has 1 fully saturated rings. The lowest BCUT2D eigenvalue weighted by Crippen LogP contribution is -2.53. The van der Waals surface area contributed by atoms with Crippen LogP contribution in [0.25, 0.3) is 0 Å². The number of amides is 2. The van der Waals surface area contributed by atoms with E-state index in [2.05, 4.69) is 10.1 Å². The van der Waals surface area contributed by atoms with Gasteiger partial charge >= 0.3 is 18.3 Å². The zero-order valence-electron chi connectivity index (χ0n) is 19.6. The summed E-state index contributed by atoms with van der Waals surface area (Å²) in [6, 6.07) is 3.01. The highest BCUT2D eigenvalue weighted by atomic mass is 35.5. The van der Waals surface area contributed by atoms with Crippen molar-refractivity contribution in [3.63, 3.8) is 0 Å². The van der Waals surface area contributed by atoms with Crippen LogP contribution in [0.5, 0.6) is 0 Å². The number of nitrogens with one attached hydrogen (secondary N) is 1. The van der Waals surface area contributed by atoms with Crippen molar-refractivity contribution in [3.05, 3.63) is 34.3 Å². The van der Waals surface area contributed by atoms with Crippen LogP contribution in [0, 0.1) is 11.3 Å². The maximum absolute atomic E-state index is 13.5. The number of ether oxygens (including phenoxy) is 1. The fourth-order valence-corrected chi connectivity index (χ4v) is 3.94. The van der Waals surface area contributed by atoms with Crippen molar-refractivity contribution < 1.29 is 45.5 Å². The molecule has 3 N–H and O–H groups in total. The van der Waals surface area contributed by atoms with E-state index >= 15 is 0 Å². The van der Waals surface area contributed by atoms with Gasteiger partial charge in [-0.05, 0) is 29.7 Å². The molecule has 0 saturated carbocycles. The fourth-order valence-electron chi connectivity index (χ4n) is 3.75. The molecule has 202 valence electrons. The van der Waals surface area contributed by atoms with E-state index in [-0.39, 0.29) is 13.1 Å². The van der Waals surface area contributed by atoms with Crippen molar-refractivity contribution >= 4 is 29.4 Å². The molecule has 36 heavy (non-hydrogen) atoms. The molecule has 0 aromatic heterocycles. The van der Waals surface area contributed by atoms with Gasteiger partial charge in [-0.2, -0.15) is 26.3 Å². The first-order valence-corrected chi connectivity index (χ1v) is 11.1. The maximum Gasteiger partial charge on any atom is 0.490 e. The van der Waals surface area contributed by atoms with Crippen LogP contribution in [-0.2, 0) is 32.2 Å². The third kappa shape index (κ3) is 7.25. The number of benzene rings is 1. The topological polar surface area (TPSA) is 102 Å². The van der Waals surface area contributed by atoms with E-state index in [0.29, 0.717) is 21.0 Å². The second-order valence-corrected chi connectivity index (χ2v) is 9.90. The zero-order chi connectivity index (χ0) is 27.6. The van der Waals surface area contributed by atoms with Gasteiger partial charge in [0.05, 0.1) is 5.92 Å². The van der Waals surface area contributed by atoms with Gasteiger partial charge in [0.1, 0.15) is 6.04 Å². The van der Waals surface area contributed by atoms with Crippen molar-refractivity contribution in [3.8, 4) is 0 Å². The molecule has 1 aromatic carbocycles. The van der Waals surface area contributed by atoms with Gasteiger partial charge in [-0.15, -0.1) is 0 Å². The van der Waals surface area contributed by atoms with Crippen molar-refractivity contribution in [2.24, 2.45) is 17.1 Å². The average Bonchev–Trinajstić information content (AvgIpc) is 3.20. The molecule has 1 aliphatic rings. The van der Waals surface area contributed by atoms with Crippen molar-refractivity contribution in [2.45, 2.75) is 64.8 Å². The third-order valence-electron chi connectivity index (χ3n) is 5.66. The van der Waals surface area contributed by atoms with Crippen LogP contribution in [0.4, 0.5) is 26.3 Å². The van der Waals surface area contributed by atoms with Gasteiger partial charge in [-0.1, -0.05) is 38.4 Å². The van der Waals surface area contributed by atoms with Crippen molar-refractivity contribution in [1.82, 2.24) is 10.2 Å². The molecule has 1 saturated heterocycles. The van der Waals surface area contributed by atoms with E-state index in [1.807, 2.05) is 0 Å². The van der Waals surface area contributed by atoms with E-state index in [0.717, 1.165) is 0 Å². The van der Waals surface area contributed by atoms with Crippen LogP contribution in [0.15, 0.2) is 18.2 Å². The normalized spacial score (nSPS) is 19.7. The standard InChI is InChI=1S/C22H26ClF6N3O4/c1-20(2,3)16(36-19(35)22(27,28)29)18(34)32-10-13(21(24,25)26)7-15(32)17(33)31-9-12-6-14(23)5-4-11(12)8-30/h4-6,13,15-16H,7-10,30H2,1-3H3,(H,31,33)/t13-,15-,16?/m0/s1. The van der Waals surface area contributed by atoms with Gasteiger partial charge in [-0.25, -0.2) is 4.79 Å². The summed E-state index contributed by atoms with van der Waals surface area (Å²) in [5.74, 6) is -7.08. The summed E-state index contributed by atoms with van der Waals surface area (Å²) in [4.78, 5) is 38.0. The second kappa shape index (κ2) is 10.8. The first kappa shape index (κ1) is 29.7. The SMILES string of the molecule is CC(C)(C)C(OC(=O)C(F)(F)F)C(=O)N1C[C@@H](C(F)(F)F)C[C@H]1C(=O)NCc1cc(Cl)ccc1CN. The molecule has 1 unspecified atom stereocenters. The quantitative estimate of drug-likeness (QED) is 0.419. The number of alkyl halides is 6. The van der Waals surface area contributed by atoms with E-state index < -0.39 is 66.6 Å². The number of nitrogens with two attached hydrogens (primary N) is 1. The molecule has 0 radical (unpaired) electrons. The Bertz CT molecular complexity index is 993. The van der Waals surface area contributed by atoms with Gasteiger partial charge in [0.2, 0.25) is 5.91 Å². The zero-order valence-corrected chi connectivity index (χ0v) is 20.4. The Labute approximate surface area is 208 Å². The van der Waals surface area contributed by atoms with Gasteiger partial charge < -0.3 is 20.7 Å². The first-order chi connectivity index (χ1) is 16.4. The monoisotopic (exact) mass is 545 g/mol. The predicted octanol–water partition coefficient (Wildman–Crippen LogP) is 3.71. The van der Waals surface area contributed by atoms with E-state index in [1.165, 1.54) is 26.8 Å². The molecule has 3 atom stereocenters. The Morgan fingerprint density at radius 1 is 1.14 bits per heavy atom. The molecule has 1 heterocycles. The lowest BCUT2D eigenvalue weighted by Gasteiger charge is -2.34. The number of likely N-dealkylation sites (tertiary alicyclic amines) is 1. The lowest BCUT2D eigenvalue weighted by atomic mass is 9.88. The summed E-state index contributed by atoms with van der Waals surface area (Å²) in [7, 11) is 0. The number of halogens is 7. The molecule has 1 aliphatic heterocycles. The van der Waals surface area contributed by atoms with Gasteiger partial charge in [0, 0.05) is 30.1 Å². The molecular weight excluding hydrogens is 520 g/mol. The molecule has 1 aromatic rings. The first-order valence-electron chi connectivity index (χ1n) is 10.8. The minimum atomic E-state index is -5.43. The molecule has 0 aliphatic carbocycles. The second-order valence-electron chi connectivity index (χ2n) is 9.46. The summed E-state index contributed by atoms with van der Waals surface area (Å²) >= 11 is 5.95. The van der Waals surface area contributed by atoms with Crippen LogP contribution in [-0.4, -0.2) is 53.7 Å². The summed E-state index contributed by atoms with van der Waals surface area (Å²) in [5.41, 5.74) is 5.33. The summed E-state index contributed by atoms with van der Waals surface area (Å²) in [6.07, 6.45) is -13.1. The summed E-state index contributed by atoms with van der Waals surface area (Å²) in [5, 5.41) is 2.77. The lowest BCUT2D eigenvalue weighted by molar-refractivity contribution is -0.211. The number of hydrogen-bond donors (Lipinski definition) is 2. The molecule has 14 heteroatoms. The van der Waals surface area contributed by atoms with Gasteiger partial charge in [0.15, 0.2) is 6.10 Å². The van der Waals surface area contributed by atoms with Crippen LogP contribution in [0.1, 0.15) is 38.3 Å². The van der Waals surface area contributed by atoms with Crippen LogP contribution in [0.3, 0.4) is 0 Å². The summed E-state index contributed by atoms with van der Waals surface area (Å²) < 4.78 is 83.2. The van der Waals surface area contributed by atoms with Crippen molar-refractivity contribution in [2.75, 3.05) is 6.54 Å². The Morgan fingerprint density at radius 2 is 1.75 bits per heavy atom. The van der Waals surface area contributed by atoms with Gasteiger partial charge in [-0.3, -0.25) is 9.59 Å². The molecule has 2 amide bonds. The Morgan fingerprint density at radius 3 is 2.25 bits per heavy atom. The molecule has 7 nitrogen and oxygen atoms in total. The van der Waals surface area contributed by atoms with E-state index in [4.69, 9.17) is 17.3 Å². The van der Waals surface area contributed by atoms with E-state index in [9.17, 15) is 40.7 Å². The van der Waals surface area contributed by atoms with Crippen LogP contribution < -0.4 is 11.1 Å². The highest BCUT2D eigenvalue weighted by Crippen LogP contribution is 2.38. The Hall–Kier alpha value is -2.54. The predicted molar refractivity (Wildman–Crippen MR) is 116 cm³/mol. The largest absolute Gasteiger partial charge is 0.490 e. The van der Waals surface area contributed by atoms with Gasteiger partial charge in [0.25, 0.3) is 5.91 Å². The number of carbonyl (C=O) groups is 3. The minimum absolute atomic E-state index is 0.0877. The number of hydrogen-bond acceptors (Lipinski definition) is 5. The Kier molecular flexibility index (Phi) is 8.93. The molecule has 2 rings (SSSR count). The van der Waals surface area contributed by atoms with Crippen LogP contribution in [0.2, 0.25) is 5.02 Å². The maximum atomic E-state index is 13.5. The smallest absolute Gasteiger partial charge is 0.445 e.